The van der Waals surface area contributed by atoms with Gasteiger partial charge < -0.3 is 10.1 Å². The Kier molecular flexibility index (Phi) is 5.06. The van der Waals surface area contributed by atoms with Crippen LogP contribution in [0.3, 0.4) is 0 Å². The van der Waals surface area contributed by atoms with Gasteiger partial charge in [-0.3, -0.25) is 4.79 Å². The van der Waals surface area contributed by atoms with Gasteiger partial charge in [-0.05, 0) is 37.8 Å². The van der Waals surface area contributed by atoms with E-state index < -0.39 is 0 Å². The summed E-state index contributed by atoms with van der Waals surface area (Å²) in [6.45, 7) is 0. The molecule has 0 aliphatic heterocycles. The molecule has 1 saturated carbocycles. The Balaban J connectivity index is 1.49. The average molecular weight is 316 g/mol. The third kappa shape index (κ3) is 4.07. The second kappa shape index (κ2) is 7.40. The maximum Gasteiger partial charge on any atom is 0.220 e. The van der Waals surface area contributed by atoms with Crippen LogP contribution >= 0.6 is 11.3 Å². The number of ether oxygens (including phenoxy) is 1. The van der Waals surface area contributed by atoms with E-state index in [1.807, 2.05) is 35.7 Å². The zero-order valence-electron chi connectivity index (χ0n) is 12.4. The summed E-state index contributed by atoms with van der Waals surface area (Å²) in [7, 11) is 0. The zero-order chi connectivity index (χ0) is 15.2. The topological polar surface area (TPSA) is 51.2 Å². The number of rotatable bonds is 6. The third-order valence-electron chi connectivity index (χ3n) is 3.92. The molecule has 0 bridgehead atoms. The number of hydrogen-bond acceptors (Lipinski definition) is 4. The van der Waals surface area contributed by atoms with E-state index in [4.69, 9.17) is 4.74 Å². The summed E-state index contributed by atoms with van der Waals surface area (Å²) in [6.07, 6.45) is 4.33. The number of amides is 1. The molecule has 2 atom stereocenters. The quantitative estimate of drug-likeness (QED) is 0.890. The van der Waals surface area contributed by atoms with Gasteiger partial charge >= 0.3 is 0 Å². The molecule has 1 amide bonds. The molecule has 1 N–H and O–H groups in total. The Morgan fingerprint density at radius 2 is 2.18 bits per heavy atom. The first kappa shape index (κ1) is 15.0. The Labute approximate surface area is 134 Å². The number of aryl methyl sites for hydroxylation is 1. The number of carbonyl (C=O) groups is 1. The Morgan fingerprint density at radius 3 is 2.95 bits per heavy atom. The van der Waals surface area contributed by atoms with Crippen molar-refractivity contribution in [3.05, 3.63) is 46.9 Å². The molecule has 116 valence electrons. The fourth-order valence-electron chi connectivity index (χ4n) is 2.79. The van der Waals surface area contributed by atoms with E-state index in [0.717, 1.165) is 30.7 Å². The fraction of sp³-hybridized carbons (Fsp3) is 0.412. The van der Waals surface area contributed by atoms with Crippen LogP contribution < -0.4 is 10.1 Å². The van der Waals surface area contributed by atoms with Crippen molar-refractivity contribution in [3.63, 3.8) is 0 Å². The van der Waals surface area contributed by atoms with Crippen molar-refractivity contribution in [3.8, 4) is 5.75 Å². The average Bonchev–Trinajstić information content (AvgIpc) is 3.19. The number of nitrogens with one attached hydrogen (secondary N) is 1. The molecule has 1 aliphatic carbocycles. The van der Waals surface area contributed by atoms with Crippen LogP contribution in [0, 0.1) is 0 Å². The van der Waals surface area contributed by atoms with E-state index >= 15 is 0 Å². The fourth-order valence-corrected chi connectivity index (χ4v) is 3.38. The molecule has 0 spiro atoms. The zero-order valence-corrected chi connectivity index (χ0v) is 13.2. The van der Waals surface area contributed by atoms with Crippen LogP contribution in [0.15, 0.2) is 41.2 Å². The van der Waals surface area contributed by atoms with Crippen LogP contribution in [0.2, 0.25) is 0 Å². The summed E-state index contributed by atoms with van der Waals surface area (Å²) in [5.41, 5.74) is 2.79. The minimum Gasteiger partial charge on any atom is -0.488 e. The predicted octanol–water partition coefficient (Wildman–Crippen LogP) is 3.19. The molecule has 4 nitrogen and oxygen atoms in total. The molecular weight excluding hydrogens is 296 g/mol. The number of aromatic nitrogens is 1. The Morgan fingerprint density at radius 1 is 1.32 bits per heavy atom. The van der Waals surface area contributed by atoms with Gasteiger partial charge in [-0.1, -0.05) is 18.2 Å². The lowest BCUT2D eigenvalue weighted by Crippen LogP contribution is -2.42. The van der Waals surface area contributed by atoms with Crippen LogP contribution in [0.25, 0.3) is 0 Å². The number of thiazole rings is 1. The molecule has 1 fully saturated rings. The number of benzene rings is 1. The van der Waals surface area contributed by atoms with Gasteiger partial charge in [-0.25, -0.2) is 4.98 Å². The van der Waals surface area contributed by atoms with Crippen LogP contribution in [0.4, 0.5) is 0 Å². The summed E-state index contributed by atoms with van der Waals surface area (Å²) < 4.78 is 6.01. The normalized spacial score (nSPS) is 20.7. The van der Waals surface area contributed by atoms with E-state index in [1.165, 1.54) is 0 Å². The highest BCUT2D eigenvalue weighted by atomic mass is 32.1. The van der Waals surface area contributed by atoms with Crippen molar-refractivity contribution in [2.24, 2.45) is 0 Å². The molecule has 0 radical (unpaired) electrons. The van der Waals surface area contributed by atoms with E-state index in [0.29, 0.717) is 12.8 Å². The van der Waals surface area contributed by atoms with Gasteiger partial charge in [0, 0.05) is 11.8 Å². The highest BCUT2D eigenvalue weighted by Crippen LogP contribution is 2.24. The lowest BCUT2D eigenvalue weighted by molar-refractivity contribution is -0.122. The number of nitrogens with zero attached hydrogens (tertiary/aromatic N) is 1. The monoisotopic (exact) mass is 316 g/mol. The van der Waals surface area contributed by atoms with Gasteiger partial charge in [0.2, 0.25) is 5.91 Å². The van der Waals surface area contributed by atoms with Gasteiger partial charge in [0.05, 0.1) is 17.2 Å². The number of hydrogen-bond donors (Lipinski definition) is 1. The molecule has 1 aliphatic rings. The van der Waals surface area contributed by atoms with Crippen molar-refractivity contribution >= 4 is 17.2 Å². The number of para-hydroxylation sites is 1. The van der Waals surface area contributed by atoms with Crippen molar-refractivity contribution in [1.29, 1.82) is 0 Å². The largest absolute Gasteiger partial charge is 0.488 e. The molecule has 1 heterocycles. The molecular formula is C17H20N2O2S. The second-order valence-corrected chi connectivity index (χ2v) is 6.27. The predicted molar refractivity (Wildman–Crippen MR) is 87.1 cm³/mol. The van der Waals surface area contributed by atoms with E-state index in [9.17, 15) is 4.79 Å². The van der Waals surface area contributed by atoms with Crippen LogP contribution in [-0.2, 0) is 11.2 Å². The smallest absolute Gasteiger partial charge is 0.220 e. The van der Waals surface area contributed by atoms with E-state index in [2.05, 4.69) is 10.3 Å². The van der Waals surface area contributed by atoms with Gasteiger partial charge in [0.1, 0.15) is 11.9 Å². The van der Waals surface area contributed by atoms with Crippen LogP contribution in [0.1, 0.15) is 31.4 Å². The first-order valence-corrected chi connectivity index (χ1v) is 8.63. The maximum atomic E-state index is 12.1. The minimum absolute atomic E-state index is 0.0747. The second-order valence-electron chi connectivity index (χ2n) is 5.55. The van der Waals surface area contributed by atoms with Crippen molar-refractivity contribution in [2.75, 3.05) is 0 Å². The van der Waals surface area contributed by atoms with E-state index in [-0.39, 0.29) is 18.1 Å². The van der Waals surface area contributed by atoms with E-state index in [1.54, 1.807) is 16.8 Å². The summed E-state index contributed by atoms with van der Waals surface area (Å²) >= 11 is 1.56. The molecule has 0 unspecified atom stereocenters. The first-order chi connectivity index (χ1) is 10.8. The maximum absolute atomic E-state index is 12.1. The molecule has 5 heteroatoms. The highest BCUT2D eigenvalue weighted by molar-refractivity contribution is 7.07. The Hall–Kier alpha value is -1.88. The molecule has 1 aromatic carbocycles. The molecule has 0 saturated heterocycles. The van der Waals surface area contributed by atoms with Gasteiger partial charge in [0.25, 0.3) is 0 Å². The summed E-state index contributed by atoms with van der Waals surface area (Å²) in [6, 6.07) is 9.93. The molecule has 22 heavy (non-hydrogen) atoms. The Bertz CT molecular complexity index is 586. The standard InChI is InChI=1S/C17H20N2O2S/c20-17(10-9-13-11-22-12-18-13)19-15-7-4-8-16(15)21-14-5-2-1-3-6-14/h1-3,5-6,11-12,15-16H,4,7-10H2,(H,19,20)/t15-,16+/m0/s1. The lowest BCUT2D eigenvalue weighted by Gasteiger charge is -2.22. The van der Waals surface area contributed by atoms with Gasteiger partial charge in [0.15, 0.2) is 0 Å². The third-order valence-corrected chi connectivity index (χ3v) is 4.56. The SMILES string of the molecule is O=C(CCc1cscn1)N[C@H]1CCC[C@H]1Oc1ccccc1. The van der Waals surface area contributed by atoms with Gasteiger partial charge in [-0.15, -0.1) is 11.3 Å². The van der Waals surface area contributed by atoms with Crippen molar-refractivity contribution < 1.29 is 9.53 Å². The molecule has 3 rings (SSSR count). The highest BCUT2D eigenvalue weighted by Gasteiger charge is 2.30. The summed E-state index contributed by atoms with van der Waals surface area (Å²) in [4.78, 5) is 16.3. The summed E-state index contributed by atoms with van der Waals surface area (Å²) in [5.74, 6) is 0.956. The van der Waals surface area contributed by atoms with Crippen molar-refractivity contribution in [2.45, 2.75) is 44.2 Å². The van der Waals surface area contributed by atoms with Crippen molar-refractivity contribution in [1.82, 2.24) is 10.3 Å². The van der Waals surface area contributed by atoms with Crippen LogP contribution in [0.5, 0.6) is 5.75 Å². The summed E-state index contributed by atoms with van der Waals surface area (Å²) in [5, 5.41) is 5.11. The molecule has 1 aromatic heterocycles. The van der Waals surface area contributed by atoms with Gasteiger partial charge in [-0.2, -0.15) is 0 Å². The minimum atomic E-state index is 0.0747. The molecule has 2 aromatic rings. The lowest BCUT2D eigenvalue weighted by atomic mass is 10.2. The first-order valence-electron chi connectivity index (χ1n) is 7.69. The van der Waals surface area contributed by atoms with Crippen LogP contribution in [-0.4, -0.2) is 23.0 Å². The number of carbonyl (C=O) groups excluding carboxylic acids is 1.